The van der Waals surface area contributed by atoms with Crippen LogP contribution in [0.5, 0.6) is 0 Å². The Morgan fingerprint density at radius 1 is 1.12 bits per heavy atom. The van der Waals surface area contributed by atoms with E-state index in [4.69, 9.17) is 32.5 Å². The summed E-state index contributed by atoms with van der Waals surface area (Å²) in [5.41, 5.74) is 1.38. The third-order valence-corrected chi connectivity index (χ3v) is 4.17. The summed E-state index contributed by atoms with van der Waals surface area (Å²) in [6.45, 7) is -0.447. The third-order valence-electron chi connectivity index (χ3n) is 3.35. The molecular weight excluding hydrogens is 367 g/mol. The van der Waals surface area contributed by atoms with Crippen molar-refractivity contribution in [1.82, 2.24) is 5.16 Å². The van der Waals surface area contributed by atoms with Crippen LogP contribution in [0.2, 0.25) is 10.0 Å². The number of ether oxygens (including phenoxy) is 1. The molecule has 1 aromatic heterocycles. The molecule has 0 radical (unpaired) electrons. The van der Waals surface area contributed by atoms with Crippen LogP contribution in [-0.4, -0.2) is 23.6 Å². The van der Waals surface area contributed by atoms with E-state index in [9.17, 15) is 9.59 Å². The fraction of sp³-hybridized carbons (Fsp3) is 0.118. The average molecular weight is 379 g/mol. The maximum atomic E-state index is 11.9. The van der Waals surface area contributed by atoms with Crippen LogP contribution in [-0.2, 0) is 20.7 Å². The molecule has 0 spiro atoms. The molecule has 1 heterocycles. The van der Waals surface area contributed by atoms with Gasteiger partial charge in [-0.05, 0) is 24.3 Å². The zero-order chi connectivity index (χ0) is 17.8. The standard InChI is InChI=1S/C17H12Cl2N2O4/c18-11-5-3-6-12(17(11)19)20-15(22)9-24-16(23)8-13-10-4-1-2-7-14(10)25-21-13/h1-7H,8-9H2,(H,20,22). The minimum atomic E-state index is -0.591. The van der Waals surface area contributed by atoms with Gasteiger partial charge in [-0.1, -0.05) is 46.6 Å². The molecule has 0 saturated heterocycles. The van der Waals surface area contributed by atoms with E-state index in [-0.39, 0.29) is 11.4 Å². The summed E-state index contributed by atoms with van der Waals surface area (Å²) < 4.78 is 10.1. The number of fused-ring (bicyclic) bond motifs is 1. The summed E-state index contributed by atoms with van der Waals surface area (Å²) >= 11 is 11.8. The van der Waals surface area contributed by atoms with E-state index < -0.39 is 18.5 Å². The summed E-state index contributed by atoms with van der Waals surface area (Å²) in [5.74, 6) is -1.12. The van der Waals surface area contributed by atoms with Gasteiger partial charge >= 0.3 is 5.97 Å². The highest BCUT2D eigenvalue weighted by Crippen LogP contribution is 2.29. The van der Waals surface area contributed by atoms with Crippen molar-refractivity contribution in [3.63, 3.8) is 0 Å². The highest BCUT2D eigenvalue weighted by atomic mass is 35.5. The lowest BCUT2D eigenvalue weighted by atomic mass is 10.2. The fourth-order valence-electron chi connectivity index (χ4n) is 2.19. The average Bonchev–Trinajstić information content (AvgIpc) is 3.00. The summed E-state index contributed by atoms with van der Waals surface area (Å²) in [4.78, 5) is 23.8. The number of anilines is 1. The quantitative estimate of drug-likeness (QED) is 0.681. The molecule has 2 aromatic carbocycles. The van der Waals surface area contributed by atoms with Gasteiger partial charge in [-0.3, -0.25) is 9.59 Å². The Hall–Kier alpha value is -2.57. The first-order valence-electron chi connectivity index (χ1n) is 7.27. The van der Waals surface area contributed by atoms with Crippen LogP contribution in [0.4, 0.5) is 5.69 Å². The number of amides is 1. The topological polar surface area (TPSA) is 81.4 Å². The minimum Gasteiger partial charge on any atom is -0.455 e. The highest BCUT2D eigenvalue weighted by Gasteiger charge is 2.15. The number of hydrogen-bond acceptors (Lipinski definition) is 5. The van der Waals surface area contributed by atoms with Gasteiger partial charge in [0.05, 0.1) is 22.2 Å². The number of para-hydroxylation sites is 1. The molecule has 1 N–H and O–H groups in total. The first-order chi connectivity index (χ1) is 12.0. The van der Waals surface area contributed by atoms with Crippen molar-refractivity contribution in [2.45, 2.75) is 6.42 Å². The number of esters is 1. The van der Waals surface area contributed by atoms with Gasteiger partial charge in [0.25, 0.3) is 5.91 Å². The molecule has 6 nitrogen and oxygen atoms in total. The molecule has 0 bridgehead atoms. The Balaban J connectivity index is 1.55. The molecule has 0 aliphatic heterocycles. The third kappa shape index (κ3) is 4.10. The molecule has 0 unspecified atom stereocenters. The Labute approximate surface area is 152 Å². The molecule has 0 aliphatic carbocycles. The number of hydrogen-bond donors (Lipinski definition) is 1. The molecular formula is C17H12Cl2N2O4. The second-order valence-electron chi connectivity index (χ2n) is 5.11. The van der Waals surface area contributed by atoms with E-state index in [1.807, 2.05) is 6.07 Å². The SMILES string of the molecule is O=C(COC(=O)Cc1noc2ccccc12)Nc1cccc(Cl)c1Cl. The van der Waals surface area contributed by atoms with Crippen molar-refractivity contribution in [3.8, 4) is 0 Å². The smallest absolute Gasteiger partial charge is 0.312 e. The summed E-state index contributed by atoms with van der Waals surface area (Å²) in [6, 6.07) is 12.0. The number of nitrogens with zero attached hydrogens (tertiary/aromatic N) is 1. The molecule has 0 fully saturated rings. The number of aromatic nitrogens is 1. The van der Waals surface area contributed by atoms with Gasteiger partial charge in [-0.15, -0.1) is 0 Å². The number of nitrogens with one attached hydrogen (secondary N) is 1. The van der Waals surface area contributed by atoms with Crippen LogP contribution in [0, 0.1) is 0 Å². The molecule has 0 atom stereocenters. The predicted octanol–water partition coefficient (Wildman–Crippen LogP) is 3.86. The van der Waals surface area contributed by atoms with Crippen LogP contribution < -0.4 is 5.32 Å². The zero-order valence-electron chi connectivity index (χ0n) is 12.8. The largest absolute Gasteiger partial charge is 0.455 e. The monoisotopic (exact) mass is 378 g/mol. The maximum absolute atomic E-state index is 11.9. The minimum absolute atomic E-state index is 0.0950. The van der Waals surface area contributed by atoms with Crippen molar-refractivity contribution in [2.75, 3.05) is 11.9 Å². The van der Waals surface area contributed by atoms with Gasteiger partial charge in [0.1, 0.15) is 5.69 Å². The second kappa shape index (κ2) is 7.55. The highest BCUT2D eigenvalue weighted by molar-refractivity contribution is 6.44. The number of halogens is 2. The van der Waals surface area contributed by atoms with Gasteiger partial charge in [0.2, 0.25) is 0 Å². The number of rotatable bonds is 5. The van der Waals surface area contributed by atoms with Crippen LogP contribution in [0.25, 0.3) is 11.0 Å². The first-order valence-corrected chi connectivity index (χ1v) is 8.03. The molecule has 3 aromatic rings. The maximum Gasteiger partial charge on any atom is 0.312 e. The van der Waals surface area contributed by atoms with E-state index in [0.717, 1.165) is 5.39 Å². The Morgan fingerprint density at radius 3 is 2.76 bits per heavy atom. The summed E-state index contributed by atoms with van der Waals surface area (Å²) in [5, 5.41) is 7.64. The molecule has 25 heavy (non-hydrogen) atoms. The van der Waals surface area contributed by atoms with E-state index in [2.05, 4.69) is 10.5 Å². The normalized spacial score (nSPS) is 10.6. The van der Waals surface area contributed by atoms with E-state index in [1.54, 1.807) is 36.4 Å². The molecule has 3 rings (SSSR count). The van der Waals surface area contributed by atoms with E-state index in [0.29, 0.717) is 22.0 Å². The number of carbonyl (C=O) groups is 2. The Morgan fingerprint density at radius 2 is 1.92 bits per heavy atom. The molecule has 8 heteroatoms. The number of carbonyl (C=O) groups excluding carboxylic acids is 2. The summed E-state index contributed by atoms with van der Waals surface area (Å²) in [7, 11) is 0. The fourth-order valence-corrected chi connectivity index (χ4v) is 2.53. The van der Waals surface area contributed by atoms with Crippen molar-refractivity contribution in [2.24, 2.45) is 0 Å². The molecule has 1 amide bonds. The van der Waals surface area contributed by atoms with E-state index >= 15 is 0 Å². The van der Waals surface area contributed by atoms with Crippen molar-refractivity contribution in [1.29, 1.82) is 0 Å². The lowest BCUT2D eigenvalue weighted by Crippen LogP contribution is -2.21. The lowest BCUT2D eigenvalue weighted by molar-refractivity contribution is -0.146. The van der Waals surface area contributed by atoms with Crippen LogP contribution in [0.3, 0.4) is 0 Å². The Bertz CT molecular complexity index is 939. The summed E-state index contributed by atoms with van der Waals surface area (Å²) in [6.07, 6.45) is -0.0950. The van der Waals surface area contributed by atoms with Crippen LogP contribution in [0.15, 0.2) is 47.0 Å². The van der Waals surface area contributed by atoms with Crippen molar-refractivity contribution >= 4 is 51.7 Å². The van der Waals surface area contributed by atoms with Gasteiger partial charge < -0.3 is 14.6 Å². The first kappa shape index (κ1) is 17.3. The number of benzene rings is 2. The van der Waals surface area contributed by atoms with E-state index in [1.165, 1.54) is 0 Å². The van der Waals surface area contributed by atoms with Crippen LogP contribution in [0.1, 0.15) is 5.69 Å². The molecule has 0 saturated carbocycles. The van der Waals surface area contributed by atoms with Gasteiger partial charge in [-0.25, -0.2) is 0 Å². The zero-order valence-corrected chi connectivity index (χ0v) is 14.3. The second-order valence-corrected chi connectivity index (χ2v) is 5.90. The lowest BCUT2D eigenvalue weighted by Gasteiger charge is -2.08. The van der Waals surface area contributed by atoms with Gasteiger partial charge in [-0.2, -0.15) is 0 Å². The van der Waals surface area contributed by atoms with Crippen molar-refractivity contribution in [3.05, 3.63) is 58.2 Å². The Kier molecular flexibility index (Phi) is 5.21. The van der Waals surface area contributed by atoms with Gasteiger partial charge in [0, 0.05) is 5.39 Å². The van der Waals surface area contributed by atoms with Crippen LogP contribution >= 0.6 is 23.2 Å². The van der Waals surface area contributed by atoms with Gasteiger partial charge in [0.15, 0.2) is 12.2 Å². The van der Waals surface area contributed by atoms with Crippen molar-refractivity contribution < 1.29 is 18.8 Å². The predicted molar refractivity (Wildman–Crippen MR) is 93.8 cm³/mol. The molecule has 128 valence electrons. The molecule has 0 aliphatic rings.